The van der Waals surface area contributed by atoms with Crippen LogP contribution in [0.3, 0.4) is 0 Å². The van der Waals surface area contributed by atoms with Crippen molar-refractivity contribution in [2.24, 2.45) is 0 Å². The molecule has 0 aromatic heterocycles. The van der Waals surface area contributed by atoms with Gasteiger partial charge in [0.1, 0.15) is 11.5 Å². The lowest BCUT2D eigenvalue weighted by atomic mass is 9.89. The summed E-state index contributed by atoms with van der Waals surface area (Å²) >= 11 is 5.59. The van der Waals surface area contributed by atoms with Crippen LogP contribution in [-0.4, -0.2) is 37.3 Å². The Morgan fingerprint density at radius 1 is 1.04 bits per heavy atom. The van der Waals surface area contributed by atoms with Crippen molar-refractivity contribution in [3.63, 3.8) is 0 Å². The van der Waals surface area contributed by atoms with Crippen LogP contribution in [0.1, 0.15) is 29.9 Å². The fraction of sp³-hybridized carbons (Fsp3) is 0.381. The van der Waals surface area contributed by atoms with Crippen LogP contribution >= 0.6 is 12.2 Å². The van der Waals surface area contributed by atoms with E-state index in [9.17, 15) is 0 Å². The predicted octanol–water partition coefficient (Wildman–Crippen LogP) is 3.96. The maximum atomic E-state index is 5.59. The standard InChI is InChI=1S/C21H26N2O2S/c1-24-18-9-7-16(8-10-18)15-22-21(26)23-13-11-17(12-14-23)19-5-3-4-6-20(19)25-2/h3-10,17H,11-15H2,1-2H3,(H,22,26). The quantitative estimate of drug-likeness (QED) is 0.806. The minimum atomic E-state index is 0.534. The minimum Gasteiger partial charge on any atom is -0.497 e. The molecule has 1 heterocycles. The zero-order valence-corrected chi connectivity index (χ0v) is 16.2. The van der Waals surface area contributed by atoms with Gasteiger partial charge in [0.2, 0.25) is 0 Å². The topological polar surface area (TPSA) is 33.7 Å². The van der Waals surface area contributed by atoms with E-state index in [0.717, 1.165) is 49.1 Å². The van der Waals surface area contributed by atoms with Crippen molar-refractivity contribution in [3.8, 4) is 11.5 Å². The average molecular weight is 371 g/mol. The van der Waals surface area contributed by atoms with Crippen molar-refractivity contribution in [1.82, 2.24) is 10.2 Å². The maximum absolute atomic E-state index is 5.59. The molecule has 4 nitrogen and oxygen atoms in total. The van der Waals surface area contributed by atoms with Gasteiger partial charge < -0.3 is 19.7 Å². The van der Waals surface area contributed by atoms with Crippen LogP contribution in [-0.2, 0) is 6.54 Å². The number of para-hydroxylation sites is 1. The number of thiocarbonyl (C=S) groups is 1. The molecule has 2 aromatic carbocycles. The summed E-state index contributed by atoms with van der Waals surface area (Å²) in [7, 11) is 3.42. The molecule has 0 amide bonds. The Morgan fingerprint density at radius 3 is 2.38 bits per heavy atom. The van der Waals surface area contributed by atoms with E-state index in [1.807, 2.05) is 24.3 Å². The number of benzene rings is 2. The number of rotatable bonds is 5. The minimum absolute atomic E-state index is 0.534. The summed E-state index contributed by atoms with van der Waals surface area (Å²) in [5, 5.41) is 4.21. The molecule has 0 spiro atoms. The molecule has 1 N–H and O–H groups in total. The molecule has 0 atom stereocenters. The number of hydrogen-bond acceptors (Lipinski definition) is 3. The largest absolute Gasteiger partial charge is 0.497 e. The van der Waals surface area contributed by atoms with Gasteiger partial charge in [0.05, 0.1) is 14.2 Å². The van der Waals surface area contributed by atoms with Gasteiger partial charge in [-0.25, -0.2) is 0 Å². The monoisotopic (exact) mass is 370 g/mol. The third-order valence-electron chi connectivity index (χ3n) is 4.96. The van der Waals surface area contributed by atoms with Crippen molar-refractivity contribution in [1.29, 1.82) is 0 Å². The summed E-state index contributed by atoms with van der Waals surface area (Å²) in [6.45, 7) is 2.67. The molecule has 26 heavy (non-hydrogen) atoms. The van der Waals surface area contributed by atoms with Gasteiger partial charge in [0, 0.05) is 19.6 Å². The van der Waals surface area contributed by atoms with Crippen molar-refractivity contribution >= 4 is 17.3 Å². The van der Waals surface area contributed by atoms with E-state index < -0.39 is 0 Å². The van der Waals surface area contributed by atoms with E-state index in [0.29, 0.717) is 5.92 Å². The highest BCUT2D eigenvalue weighted by Gasteiger charge is 2.24. The van der Waals surface area contributed by atoms with Crippen LogP contribution in [0, 0.1) is 0 Å². The van der Waals surface area contributed by atoms with Crippen molar-refractivity contribution in [2.45, 2.75) is 25.3 Å². The van der Waals surface area contributed by atoms with Crippen LogP contribution in [0.4, 0.5) is 0 Å². The SMILES string of the molecule is COc1ccc(CNC(=S)N2CCC(c3ccccc3OC)CC2)cc1. The molecule has 1 saturated heterocycles. The molecular formula is C21H26N2O2S. The van der Waals surface area contributed by atoms with Crippen LogP contribution in [0.2, 0.25) is 0 Å². The predicted molar refractivity (Wildman–Crippen MR) is 109 cm³/mol. The Kier molecular flexibility index (Phi) is 6.34. The molecule has 0 unspecified atom stereocenters. The molecule has 1 fully saturated rings. The van der Waals surface area contributed by atoms with E-state index in [-0.39, 0.29) is 0 Å². The molecule has 0 radical (unpaired) electrons. The zero-order chi connectivity index (χ0) is 18.4. The lowest BCUT2D eigenvalue weighted by Crippen LogP contribution is -2.43. The maximum Gasteiger partial charge on any atom is 0.169 e. The molecule has 0 aliphatic carbocycles. The van der Waals surface area contributed by atoms with Gasteiger partial charge in [-0.3, -0.25) is 0 Å². The van der Waals surface area contributed by atoms with Gasteiger partial charge >= 0.3 is 0 Å². The van der Waals surface area contributed by atoms with Crippen LogP contribution < -0.4 is 14.8 Å². The lowest BCUT2D eigenvalue weighted by Gasteiger charge is -2.34. The molecular weight excluding hydrogens is 344 g/mol. The Balaban J connectivity index is 1.50. The Hall–Kier alpha value is -2.27. The number of hydrogen-bond donors (Lipinski definition) is 1. The van der Waals surface area contributed by atoms with Gasteiger partial charge in [0.15, 0.2) is 5.11 Å². The summed E-state index contributed by atoms with van der Waals surface area (Å²) in [5.41, 5.74) is 2.50. The van der Waals surface area contributed by atoms with E-state index in [2.05, 4.69) is 34.5 Å². The summed E-state index contributed by atoms with van der Waals surface area (Å²) in [4.78, 5) is 2.27. The molecule has 0 bridgehead atoms. The summed E-state index contributed by atoms with van der Waals surface area (Å²) in [6, 6.07) is 16.4. The first-order valence-corrected chi connectivity index (χ1v) is 9.40. The van der Waals surface area contributed by atoms with Crippen LogP contribution in [0.25, 0.3) is 0 Å². The second-order valence-corrected chi connectivity index (χ2v) is 6.90. The smallest absolute Gasteiger partial charge is 0.169 e. The second-order valence-electron chi connectivity index (χ2n) is 6.51. The van der Waals surface area contributed by atoms with Crippen molar-refractivity contribution in [2.75, 3.05) is 27.3 Å². The van der Waals surface area contributed by atoms with Crippen molar-refractivity contribution < 1.29 is 9.47 Å². The van der Waals surface area contributed by atoms with Gasteiger partial charge in [-0.1, -0.05) is 30.3 Å². The Morgan fingerprint density at radius 2 is 1.73 bits per heavy atom. The van der Waals surface area contributed by atoms with E-state index in [1.165, 1.54) is 11.1 Å². The summed E-state index contributed by atoms with van der Waals surface area (Å²) < 4.78 is 10.7. The third-order valence-corrected chi connectivity index (χ3v) is 5.37. The van der Waals surface area contributed by atoms with Gasteiger partial charge in [0.25, 0.3) is 0 Å². The number of methoxy groups -OCH3 is 2. The molecule has 0 saturated carbocycles. The first-order valence-electron chi connectivity index (χ1n) is 9.00. The van der Waals surface area contributed by atoms with Gasteiger partial charge in [-0.2, -0.15) is 0 Å². The highest BCUT2D eigenvalue weighted by Crippen LogP contribution is 2.33. The highest BCUT2D eigenvalue weighted by atomic mass is 32.1. The molecule has 138 valence electrons. The van der Waals surface area contributed by atoms with Gasteiger partial charge in [-0.05, 0) is 60.3 Å². The third kappa shape index (κ3) is 4.47. The molecule has 1 aliphatic heterocycles. The first-order chi connectivity index (χ1) is 12.7. The number of likely N-dealkylation sites (tertiary alicyclic amines) is 1. The average Bonchev–Trinajstić information content (AvgIpc) is 2.72. The molecule has 2 aromatic rings. The molecule has 5 heteroatoms. The first kappa shape index (κ1) is 18.5. The van der Waals surface area contributed by atoms with Crippen molar-refractivity contribution in [3.05, 3.63) is 59.7 Å². The van der Waals surface area contributed by atoms with Gasteiger partial charge in [-0.15, -0.1) is 0 Å². The number of nitrogens with zero attached hydrogens (tertiary/aromatic N) is 1. The second kappa shape index (κ2) is 8.90. The fourth-order valence-electron chi connectivity index (χ4n) is 3.43. The van der Waals surface area contributed by atoms with E-state index >= 15 is 0 Å². The summed E-state index contributed by atoms with van der Waals surface area (Å²) in [5.74, 6) is 2.40. The van der Waals surface area contributed by atoms with E-state index in [1.54, 1.807) is 14.2 Å². The number of piperidine rings is 1. The van der Waals surface area contributed by atoms with Crippen LogP contribution in [0.15, 0.2) is 48.5 Å². The van der Waals surface area contributed by atoms with E-state index in [4.69, 9.17) is 21.7 Å². The zero-order valence-electron chi connectivity index (χ0n) is 15.4. The van der Waals surface area contributed by atoms with Crippen LogP contribution in [0.5, 0.6) is 11.5 Å². The molecule has 3 rings (SSSR count). The Labute approximate surface area is 161 Å². The number of nitrogens with one attached hydrogen (secondary N) is 1. The Bertz CT molecular complexity index is 725. The fourth-order valence-corrected chi connectivity index (χ4v) is 3.68. The number of ether oxygens (including phenoxy) is 2. The lowest BCUT2D eigenvalue weighted by molar-refractivity contribution is 0.303. The molecule has 1 aliphatic rings. The highest BCUT2D eigenvalue weighted by molar-refractivity contribution is 7.80. The normalized spacial score (nSPS) is 14.8. The summed E-state index contributed by atoms with van der Waals surface area (Å²) in [6.07, 6.45) is 2.18.